The summed E-state index contributed by atoms with van der Waals surface area (Å²) in [5, 5.41) is 5.41. The molecule has 138 valence electrons. The van der Waals surface area contributed by atoms with E-state index in [9.17, 15) is 9.59 Å². The van der Waals surface area contributed by atoms with E-state index in [1.807, 2.05) is 0 Å². The normalized spacial score (nSPS) is 15.1. The number of hydrogen-bond donors (Lipinski definition) is 1. The van der Waals surface area contributed by atoms with Crippen molar-refractivity contribution in [3.63, 3.8) is 0 Å². The number of anilines is 1. The lowest BCUT2D eigenvalue weighted by Gasteiger charge is -2.33. The number of benzene rings is 1. The smallest absolute Gasteiger partial charge is 0.273 e. The standard InChI is InChI=1S/C17H18Cl2N4O2S/c1-2-22-5-7-23(8-6-22)16(25)14-10-26-17(20-14)21-15(24)12-4-3-11(18)9-13(12)19/h3-4,9-10H,2,5-8H2,1H3,(H,20,21,24). The summed E-state index contributed by atoms with van der Waals surface area (Å²) in [6.45, 7) is 6.20. The van der Waals surface area contributed by atoms with E-state index in [1.165, 1.54) is 17.4 Å². The first kappa shape index (κ1) is 19.1. The molecule has 3 rings (SSSR count). The second-order valence-corrected chi connectivity index (χ2v) is 7.54. The number of carbonyl (C=O) groups is 2. The molecule has 0 saturated carbocycles. The number of nitrogens with zero attached hydrogens (tertiary/aromatic N) is 3. The molecule has 0 spiro atoms. The Morgan fingerprint density at radius 2 is 1.96 bits per heavy atom. The monoisotopic (exact) mass is 412 g/mol. The molecule has 0 aliphatic carbocycles. The number of nitrogens with one attached hydrogen (secondary N) is 1. The molecule has 26 heavy (non-hydrogen) atoms. The van der Waals surface area contributed by atoms with Crippen LogP contribution in [0.15, 0.2) is 23.6 Å². The average Bonchev–Trinajstić information content (AvgIpc) is 3.09. The van der Waals surface area contributed by atoms with Gasteiger partial charge in [0.15, 0.2) is 5.13 Å². The van der Waals surface area contributed by atoms with Gasteiger partial charge >= 0.3 is 0 Å². The molecule has 1 fully saturated rings. The van der Waals surface area contributed by atoms with E-state index >= 15 is 0 Å². The highest BCUT2D eigenvalue weighted by Gasteiger charge is 2.23. The molecule has 2 amide bonds. The van der Waals surface area contributed by atoms with Gasteiger partial charge in [0.05, 0.1) is 10.6 Å². The van der Waals surface area contributed by atoms with Crippen molar-refractivity contribution in [2.24, 2.45) is 0 Å². The molecule has 1 aliphatic rings. The third kappa shape index (κ3) is 4.35. The van der Waals surface area contributed by atoms with E-state index in [-0.39, 0.29) is 10.9 Å². The van der Waals surface area contributed by atoms with E-state index in [0.29, 0.717) is 34.5 Å². The Labute approximate surface area is 165 Å². The first-order valence-electron chi connectivity index (χ1n) is 8.21. The van der Waals surface area contributed by atoms with Crippen molar-refractivity contribution in [2.75, 3.05) is 38.0 Å². The zero-order chi connectivity index (χ0) is 18.7. The minimum atomic E-state index is -0.392. The Kier molecular flexibility index (Phi) is 6.13. The molecule has 2 aromatic rings. The minimum Gasteiger partial charge on any atom is -0.335 e. The maximum atomic E-state index is 12.6. The van der Waals surface area contributed by atoms with Gasteiger partial charge in [0.1, 0.15) is 5.69 Å². The van der Waals surface area contributed by atoms with Crippen molar-refractivity contribution in [3.8, 4) is 0 Å². The first-order chi connectivity index (χ1) is 12.5. The summed E-state index contributed by atoms with van der Waals surface area (Å²) in [7, 11) is 0. The van der Waals surface area contributed by atoms with Gasteiger partial charge in [0.25, 0.3) is 11.8 Å². The van der Waals surface area contributed by atoms with Crippen LogP contribution in [0.3, 0.4) is 0 Å². The van der Waals surface area contributed by atoms with Crippen LogP contribution in [0.1, 0.15) is 27.8 Å². The molecule has 1 aromatic carbocycles. The van der Waals surface area contributed by atoms with Gasteiger partial charge in [-0.2, -0.15) is 0 Å². The molecule has 6 nitrogen and oxygen atoms in total. The van der Waals surface area contributed by atoms with Gasteiger partial charge in [-0.05, 0) is 24.7 Å². The van der Waals surface area contributed by atoms with Crippen LogP contribution >= 0.6 is 34.5 Å². The van der Waals surface area contributed by atoms with Crippen molar-refractivity contribution in [1.82, 2.24) is 14.8 Å². The summed E-state index contributed by atoms with van der Waals surface area (Å²) in [6.07, 6.45) is 0. The molecule has 0 atom stereocenters. The molecular formula is C17H18Cl2N4O2S. The summed E-state index contributed by atoms with van der Waals surface area (Å²) in [6, 6.07) is 4.65. The van der Waals surface area contributed by atoms with Gasteiger partial charge in [-0.3, -0.25) is 14.9 Å². The largest absolute Gasteiger partial charge is 0.335 e. The summed E-state index contributed by atoms with van der Waals surface area (Å²) >= 11 is 13.1. The molecule has 0 unspecified atom stereocenters. The maximum Gasteiger partial charge on any atom is 0.273 e. The number of halogens is 2. The fourth-order valence-electron chi connectivity index (χ4n) is 2.70. The van der Waals surface area contributed by atoms with Gasteiger partial charge in [-0.25, -0.2) is 4.98 Å². The third-order valence-electron chi connectivity index (χ3n) is 4.23. The highest BCUT2D eigenvalue weighted by molar-refractivity contribution is 7.14. The number of hydrogen-bond acceptors (Lipinski definition) is 5. The van der Waals surface area contributed by atoms with Gasteiger partial charge in [-0.15, -0.1) is 11.3 Å². The zero-order valence-corrected chi connectivity index (χ0v) is 16.5. The number of amides is 2. The summed E-state index contributed by atoms with van der Waals surface area (Å²) in [5.74, 6) is -0.501. The quantitative estimate of drug-likeness (QED) is 0.834. The van der Waals surface area contributed by atoms with Crippen molar-refractivity contribution in [2.45, 2.75) is 6.92 Å². The van der Waals surface area contributed by atoms with Crippen LogP contribution in [0.5, 0.6) is 0 Å². The van der Waals surface area contributed by atoms with Crippen LogP contribution in [0, 0.1) is 0 Å². The topological polar surface area (TPSA) is 65.5 Å². The van der Waals surface area contributed by atoms with Crippen LogP contribution < -0.4 is 5.32 Å². The Morgan fingerprint density at radius 1 is 1.23 bits per heavy atom. The average molecular weight is 413 g/mol. The molecule has 0 bridgehead atoms. The summed E-state index contributed by atoms with van der Waals surface area (Å²) < 4.78 is 0. The second-order valence-electron chi connectivity index (χ2n) is 5.84. The number of carbonyl (C=O) groups excluding carboxylic acids is 2. The number of likely N-dealkylation sites (N-methyl/N-ethyl adjacent to an activating group) is 1. The predicted molar refractivity (Wildman–Crippen MR) is 105 cm³/mol. The van der Waals surface area contributed by atoms with Crippen LogP contribution in [0.4, 0.5) is 5.13 Å². The fraction of sp³-hybridized carbons (Fsp3) is 0.353. The fourth-order valence-corrected chi connectivity index (χ4v) is 3.87. The SMILES string of the molecule is CCN1CCN(C(=O)c2csc(NC(=O)c3ccc(Cl)cc3Cl)n2)CC1. The maximum absolute atomic E-state index is 12.6. The van der Waals surface area contributed by atoms with Crippen LogP contribution in [0.25, 0.3) is 0 Å². The number of piperazine rings is 1. The van der Waals surface area contributed by atoms with Gasteiger partial charge in [-0.1, -0.05) is 30.1 Å². The van der Waals surface area contributed by atoms with Gasteiger partial charge in [0.2, 0.25) is 0 Å². The zero-order valence-electron chi connectivity index (χ0n) is 14.2. The molecule has 2 heterocycles. The molecule has 0 radical (unpaired) electrons. The number of thiazole rings is 1. The first-order valence-corrected chi connectivity index (χ1v) is 9.85. The highest BCUT2D eigenvalue weighted by Crippen LogP contribution is 2.23. The Morgan fingerprint density at radius 3 is 2.62 bits per heavy atom. The van der Waals surface area contributed by atoms with E-state index in [4.69, 9.17) is 23.2 Å². The molecule has 9 heteroatoms. The van der Waals surface area contributed by atoms with Crippen LogP contribution in [-0.4, -0.2) is 59.3 Å². The van der Waals surface area contributed by atoms with E-state index in [0.717, 1.165) is 19.6 Å². The molecule has 1 aliphatic heterocycles. The molecule has 1 aromatic heterocycles. The predicted octanol–water partition coefficient (Wildman–Crippen LogP) is 3.48. The summed E-state index contributed by atoms with van der Waals surface area (Å²) in [4.78, 5) is 33.2. The van der Waals surface area contributed by atoms with Crippen molar-refractivity contribution < 1.29 is 9.59 Å². The van der Waals surface area contributed by atoms with Gasteiger partial charge in [0, 0.05) is 36.6 Å². The highest BCUT2D eigenvalue weighted by atomic mass is 35.5. The lowest BCUT2D eigenvalue weighted by atomic mass is 10.2. The number of aromatic nitrogens is 1. The number of rotatable bonds is 4. The van der Waals surface area contributed by atoms with Crippen molar-refractivity contribution in [3.05, 3.63) is 44.9 Å². The molecule has 1 saturated heterocycles. The molecule has 1 N–H and O–H groups in total. The van der Waals surface area contributed by atoms with Crippen LogP contribution in [0.2, 0.25) is 10.0 Å². The second kappa shape index (κ2) is 8.35. The lowest BCUT2D eigenvalue weighted by molar-refractivity contribution is 0.0638. The third-order valence-corrected chi connectivity index (χ3v) is 5.53. The van der Waals surface area contributed by atoms with Crippen LogP contribution in [-0.2, 0) is 0 Å². The van der Waals surface area contributed by atoms with E-state index < -0.39 is 5.91 Å². The van der Waals surface area contributed by atoms with Gasteiger partial charge < -0.3 is 9.80 Å². The van der Waals surface area contributed by atoms with E-state index in [2.05, 4.69) is 22.1 Å². The van der Waals surface area contributed by atoms with Crippen molar-refractivity contribution in [1.29, 1.82) is 0 Å². The Hall–Kier alpha value is -1.67. The lowest BCUT2D eigenvalue weighted by Crippen LogP contribution is -2.48. The Balaban J connectivity index is 1.64. The molecular weight excluding hydrogens is 395 g/mol. The minimum absolute atomic E-state index is 0.109. The van der Waals surface area contributed by atoms with E-state index in [1.54, 1.807) is 22.4 Å². The summed E-state index contributed by atoms with van der Waals surface area (Å²) in [5.41, 5.74) is 0.646. The Bertz CT molecular complexity index is 819. The van der Waals surface area contributed by atoms with Crippen molar-refractivity contribution >= 4 is 51.5 Å².